The van der Waals surface area contributed by atoms with E-state index < -0.39 is 5.69 Å². The summed E-state index contributed by atoms with van der Waals surface area (Å²) in [4.78, 5) is 19.0. The van der Waals surface area contributed by atoms with Crippen LogP contribution in [0.15, 0.2) is 11.1 Å². The average molecular weight is 132 g/mol. The highest BCUT2D eigenvalue weighted by atomic mass is 35.5. The molecular formula is C3H2ClN3O. The van der Waals surface area contributed by atoms with Crippen molar-refractivity contribution in [3.8, 4) is 0 Å². The van der Waals surface area contributed by atoms with Crippen LogP contribution in [-0.2, 0) is 0 Å². The van der Waals surface area contributed by atoms with Gasteiger partial charge >= 0.3 is 5.69 Å². The summed E-state index contributed by atoms with van der Waals surface area (Å²) >= 11 is 5.24. The molecule has 1 heterocycles. The Morgan fingerprint density at radius 2 is 2.38 bits per heavy atom. The third-order valence-electron chi connectivity index (χ3n) is 0.556. The average Bonchev–Trinajstić information content (AvgIpc) is 1.64. The number of nitrogens with one attached hydrogen (secondary N) is 1. The number of H-pyrrole nitrogens is 1. The van der Waals surface area contributed by atoms with Crippen LogP contribution in [0.3, 0.4) is 0 Å². The fourth-order valence-corrected chi connectivity index (χ4v) is 0.409. The maximum absolute atomic E-state index is 10.2. The molecule has 0 atom stereocenters. The monoisotopic (exact) mass is 131 g/mol. The summed E-state index contributed by atoms with van der Waals surface area (Å²) in [7, 11) is 0. The van der Waals surface area contributed by atoms with Crippen molar-refractivity contribution in [1.29, 1.82) is 0 Å². The van der Waals surface area contributed by atoms with Gasteiger partial charge in [-0.05, 0) is 11.6 Å². The molecule has 0 aromatic carbocycles. The lowest BCUT2D eigenvalue weighted by atomic mass is 11.1. The Balaban J connectivity index is 3.28. The van der Waals surface area contributed by atoms with E-state index in [0.29, 0.717) is 0 Å². The number of halogens is 1. The van der Waals surface area contributed by atoms with Crippen LogP contribution in [0.2, 0.25) is 5.28 Å². The molecule has 0 amide bonds. The Morgan fingerprint density at radius 1 is 1.62 bits per heavy atom. The fraction of sp³-hybridized carbons (Fsp3) is 0. The Bertz CT molecular complexity index is 232. The van der Waals surface area contributed by atoms with Gasteiger partial charge in [0.1, 0.15) is 6.33 Å². The SMILES string of the molecule is O=c1ncnc(Cl)[nH]1. The first-order valence-electron chi connectivity index (χ1n) is 1.86. The van der Waals surface area contributed by atoms with Gasteiger partial charge in [-0.3, -0.25) is 4.98 Å². The standard InChI is InChI=1S/C3H2ClN3O/c4-2-5-1-6-3(8)7-2/h1H,(H,5,6,7,8). The minimum absolute atomic E-state index is 0.0602. The second-order valence-corrected chi connectivity index (χ2v) is 1.45. The van der Waals surface area contributed by atoms with Crippen molar-refractivity contribution in [2.75, 3.05) is 0 Å². The highest BCUT2D eigenvalue weighted by Gasteiger charge is 1.84. The molecule has 1 N–H and O–H groups in total. The second kappa shape index (κ2) is 1.92. The van der Waals surface area contributed by atoms with Crippen molar-refractivity contribution in [3.05, 3.63) is 22.1 Å². The van der Waals surface area contributed by atoms with E-state index in [1.807, 2.05) is 0 Å². The molecule has 1 rings (SSSR count). The summed E-state index contributed by atoms with van der Waals surface area (Å²) in [5.74, 6) is 0. The van der Waals surface area contributed by atoms with Gasteiger partial charge < -0.3 is 0 Å². The van der Waals surface area contributed by atoms with E-state index in [-0.39, 0.29) is 5.28 Å². The van der Waals surface area contributed by atoms with Crippen molar-refractivity contribution in [1.82, 2.24) is 15.0 Å². The zero-order valence-electron chi connectivity index (χ0n) is 3.76. The van der Waals surface area contributed by atoms with Gasteiger partial charge in [0.2, 0.25) is 5.28 Å². The molecule has 0 saturated heterocycles. The van der Waals surface area contributed by atoms with E-state index in [1.165, 1.54) is 0 Å². The molecule has 0 fully saturated rings. The van der Waals surface area contributed by atoms with Gasteiger partial charge in [-0.15, -0.1) is 0 Å². The molecule has 0 spiro atoms. The zero-order valence-corrected chi connectivity index (χ0v) is 4.51. The van der Waals surface area contributed by atoms with Crippen molar-refractivity contribution >= 4 is 11.6 Å². The third-order valence-corrected chi connectivity index (χ3v) is 0.748. The van der Waals surface area contributed by atoms with Crippen molar-refractivity contribution in [2.45, 2.75) is 0 Å². The molecule has 0 aliphatic rings. The lowest BCUT2D eigenvalue weighted by Gasteiger charge is -1.80. The first kappa shape index (κ1) is 5.24. The van der Waals surface area contributed by atoms with Gasteiger partial charge in [0.05, 0.1) is 0 Å². The lowest BCUT2D eigenvalue weighted by molar-refractivity contribution is 0.985. The van der Waals surface area contributed by atoms with Crippen molar-refractivity contribution < 1.29 is 0 Å². The molecule has 5 heteroatoms. The van der Waals surface area contributed by atoms with Gasteiger partial charge in [-0.25, -0.2) is 9.78 Å². The van der Waals surface area contributed by atoms with Crippen molar-refractivity contribution in [2.24, 2.45) is 0 Å². The van der Waals surface area contributed by atoms with E-state index in [4.69, 9.17) is 11.6 Å². The minimum Gasteiger partial charge on any atom is -0.280 e. The summed E-state index contributed by atoms with van der Waals surface area (Å²) < 4.78 is 0. The maximum Gasteiger partial charge on any atom is 0.348 e. The Hall–Kier alpha value is -0.900. The van der Waals surface area contributed by atoms with Crippen LogP contribution < -0.4 is 5.69 Å². The molecule has 0 unspecified atom stereocenters. The number of hydrogen-bond donors (Lipinski definition) is 1. The topological polar surface area (TPSA) is 58.6 Å². The summed E-state index contributed by atoms with van der Waals surface area (Å²) in [6, 6.07) is 0. The van der Waals surface area contributed by atoms with E-state index >= 15 is 0 Å². The first-order chi connectivity index (χ1) is 3.79. The van der Waals surface area contributed by atoms with Gasteiger partial charge in [0, 0.05) is 0 Å². The molecule has 1 aromatic rings. The molecule has 0 bridgehead atoms. The van der Waals surface area contributed by atoms with Gasteiger partial charge in [-0.1, -0.05) is 0 Å². The Kier molecular flexibility index (Phi) is 1.26. The summed E-state index contributed by atoms with van der Waals surface area (Å²) in [5.41, 5.74) is -0.481. The normalized spacial score (nSPS) is 9.12. The molecule has 0 radical (unpaired) electrons. The highest BCUT2D eigenvalue weighted by molar-refractivity contribution is 6.28. The molecule has 1 aromatic heterocycles. The van der Waals surface area contributed by atoms with Crippen LogP contribution in [0.25, 0.3) is 0 Å². The van der Waals surface area contributed by atoms with Crippen LogP contribution in [-0.4, -0.2) is 15.0 Å². The van der Waals surface area contributed by atoms with Crippen molar-refractivity contribution in [3.63, 3.8) is 0 Å². The molecule has 4 nitrogen and oxygen atoms in total. The van der Waals surface area contributed by atoms with E-state index in [2.05, 4.69) is 15.0 Å². The second-order valence-electron chi connectivity index (χ2n) is 1.09. The van der Waals surface area contributed by atoms with E-state index in [1.54, 1.807) is 0 Å². The zero-order chi connectivity index (χ0) is 5.98. The molecule has 8 heavy (non-hydrogen) atoms. The van der Waals surface area contributed by atoms with Gasteiger partial charge in [0.15, 0.2) is 0 Å². The van der Waals surface area contributed by atoms with Crippen LogP contribution in [0.5, 0.6) is 0 Å². The molecule has 0 aliphatic carbocycles. The lowest BCUT2D eigenvalue weighted by Crippen LogP contribution is -2.09. The number of aromatic amines is 1. The van der Waals surface area contributed by atoms with Gasteiger partial charge in [0.25, 0.3) is 0 Å². The number of nitrogens with zero attached hydrogens (tertiary/aromatic N) is 2. The highest BCUT2D eigenvalue weighted by Crippen LogP contribution is 1.87. The van der Waals surface area contributed by atoms with Crippen LogP contribution in [0, 0.1) is 0 Å². The Morgan fingerprint density at radius 3 is 2.75 bits per heavy atom. The quantitative estimate of drug-likeness (QED) is 0.531. The number of rotatable bonds is 0. The smallest absolute Gasteiger partial charge is 0.280 e. The molecule has 0 saturated carbocycles. The fourth-order valence-electron chi connectivity index (χ4n) is 0.285. The Labute approximate surface area is 49.6 Å². The van der Waals surface area contributed by atoms with Crippen LogP contribution in [0.1, 0.15) is 0 Å². The molecule has 0 aliphatic heterocycles. The number of aromatic nitrogens is 3. The summed E-state index contributed by atoms with van der Waals surface area (Å²) in [6.07, 6.45) is 1.10. The third kappa shape index (κ3) is 1.04. The largest absolute Gasteiger partial charge is 0.348 e. The van der Waals surface area contributed by atoms with Crippen LogP contribution >= 0.6 is 11.6 Å². The first-order valence-corrected chi connectivity index (χ1v) is 2.23. The summed E-state index contributed by atoms with van der Waals surface area (Å²) in [5, 5.41) is 0.0602. The van der Waals surface area contributed by atoms with E-state index in [9.17, 15) is 4.79 Å². The number of hydrogen-bond acceptors (Lipinski definition) is 3. The van der Waals surface area contributed by atoms with E-state index in [0.717, 1.165) is 6.33 Å². The predicted octanol–water partition coefficient (Wildman–Crippen LogP) is -0.182. The molecule has 42 valence electrons. The summed E-state index contributed by atoms with van der Waals surface area (Å²) in [6.45, 7) is 0. The van der Waals surface area contributed by atoms with Crippen LogP contribution in [0.4, 0.5) is 0 Å². The minimum atomic E-state index is -0.481. The predicted molar refractivity (Wildman–Crippen MR) is 27.7 cm³/mol. The van der Waals surface area contributed by atoms with Gasteiger partial charge in [-0.2, -0.15) is 4.98 Å². The maximum atomic E-state index is 10.2. The molecular weight excluding hydrogens is 130 g/mol.